The van der Waals surface area contributed by atoms with Gasteiger partial charge in [-0.2, -0.15) is 4.39 Å². The van der Waals surface area contributed by atoms with Crippen LogP contribution in [0.4, 0.5) is 10.1 Å². The summed E-state index contributed by atoms with van der Waals surface area (Å²) >= 11 is 0. The molecule has 1 aromatic carbocycles. The molecule has 0 saturated heterocycles. The standard InChI is InChI=1S/C15H21FN2O2/c1-3-9-17-11(2)15(7-8-15)10-12-5-4-6-13(14(12)16)18(19)20/h4-6,11,17H,3,7-10H2,1-2H3. The largest absolute Gasteiger partial charge is 0.314 e. The molecule has 5 heteroatoms. The second-order valence-corrected chi connectivity index (χ2v) is 5.72. The molecule has 2 rings (SSSR count). The Kier molecular flexibility index (Phi) is 4.38. The highest BCUT2D eigenvalue weighted by Crippen LogP contribution is 2.51. The first-order chi connectivity index (χ1) is 9.50. The Balaban J connectivity index is 2.14. The third-order valence-electron chi connectivity index (χ3n) is 4.31. The second kappa shape index (κ2) is 5.87. The molecule has 4 nitrogen and oxygen atoms in total. The summed E-state index contributed by atoms with van der Waals surface area (Å²) in [6.07, 6.45) is 3.73. The Morgan fingerprint density at radius 1 is 1.50 bits per heavy atom. The normalized spacial score (nSPS) is 17.8. The Hall–Kier alpha value is -1.49. The van der Waals surface area contributed by atoms with Crippen molar-refractivity contribution in [2.45, 2.75) is 45.6 Å². The SMILES string of the molecule is CCCNC(C)C1(Cc2cccc([N+](=O)[O-])c2F)CC1. The van der Waals surface area contributed by atoms with Crippen molar-refractivity contribution < 1.29 is 9.31 Å². The maximum absolute atomic E-state index is 14.1. The van der Waals surface area contributed by atoms with Gasteiger partial charge in [0, 0.05) is 12.1 Å². The molecule has 110 valence electrons. The van der Waals surface area contributed by atoms with Crippen LogP contribution in [0.2, 0.25) is 0 Å². The van der Waals surface area contributed by atoms with Crippen LogP contribution >= 0.6 is 0 Å². The number of rotatable bonds is 7. The summed E-state index contributed by atoms with van der Waals surface area (Å²) in [7, 11) is 0. The lowest BCUT2D eigenvalue weighted by Gasteiger charge is -2.24. The average molecular weight is 280 g/mol. The highest BCUT2D eigenvalue weighted by molar-refractivity contribution is 5.37. The molecule has 1 aliphatic rings. The first kappa shape index (κ1) is 14.9. The molecule has 1 aromatic rings. The van der Waals surface area contributed by atoms with Crippen LogP contribution in [-0.4, -0.2) is 17.5 Å². The van der Waals surface area contributed by atoms with Gasteiger partial charge in [-0.3, -0.25) is 10.1 Å². The second-order valence-electron chi connectivity index (χ2n) is 5.72. The number of nitrogens with one attached hydrogen (secondary N) is 1. The predicted octanol–water partition coefficient (Wildman–Crippen LogP) is 3.44. The summed E-state index contributed by atoms with van der Waals surface area (Å²) in [5.41, 5.74) is 0.0972. The Morgan fingerprint density at radius 3 is 2.75 bits per heavy atom. The van der Waals surface area contributed by atoms with Crippen LogP contribution in [-0.2, 0) is 6.42 Å². The maximum Gasteiger partial charge on any atom is 0.305 e. The molecule has 0 bridgehead atoms. The Labute approximate surface area is 118 Å². The van der Waals surface area contributed by atoms with Crippen molar-refractivity contribution >= 4 is 5.69 Å². The molecule has 0 amide bonds. The Bertz CT molecular complexity index is 501. The van der Waals surface area contributed by atoms with E-state index in [0.29, 0.717) is 18.0 Å². The van der Waals surface area contributed by atoms with Gasteiger partial charge < -0.3 is 5.32 Å². The number of halogens is 1. The van der Waals surface area contributed by atoms with E-state index in [1.807, 2.05) is 0 Å². The number of hydrogen-bond donors (Lipinski definition) is 1. The van der Waals surface area contributed by atoms with E-state index in [1.165, 1.54) is 6.07 Å². The molecule has 0 radical (unpaired) electrons. The summed E-state index contributed by atoms with van der Waals surface area (Å²) in [6, 6.07) is 4.75. The maximum atomic E-state index is 14.1. The summed E-state index contributed by atoms with van der Waals surface area (Å²) in [4.78, 5) is 10.1. The van der Waals surface area contributed by atoms with Crippen molar-refractivity contribution in [2.24, 2.45) is 5.41 Å². The summed E-state index contributed by atoms with van der Waals surface area (Å²) in [5, 5.41) is 14.2. The summed E-state index contributed by atoms with van der Waals surface area (Å²) < 4.78 is 14.1. The van der Waals surface area contributed by atoms with Gasteiger partial charge in [-0.15, -0.1) is 0 Å². The number of benzene rings is 1. The van der Waals surface area contributed by atoms with E-state index in [-0.39, 0.29) is 5.41 Å². The van der Waals surface area contributed by atoms with E-state index >= 15 is 0 Å². The summed E-state index contributed by atoms with van der Waals surface area (Å²) in [6.45, 7) is 5.18. The van der Waals surface area contributed by atoms with Crippen molar-refractivity contribution in [3.05, 3.63) is 39.7 Å². The molecule has 0 aliphatic heterocycles. The lowest BCUT2D eigenvalue weighted by atomic mass is 9.89. The Morgan fingerprint density at radius 2 is 2.20 bits per heavy atom. The molecule has 1 saturated carbocycles. The van der Waals surface area contributed by atoms with Gasteiger partial charge in [-0.05, 0) is 50.1 Å². The minimum absolute atomic E-state index is 0.0607. The molecule has 1 fully saturated rings. The van der Waals surface area contributed by atoms with Crippen LogP contribution in [0.3, 0.4) is 0 Å². The van der Waals surface area contributed by atoms with Crippen molar-refractivity contribution in [1.82, 2.24) is 5.32 Å². The lowest BCUT2D eigenvalue weighted by molar-refractivity contribution is -0.387. The average Bonchev–Trinajstić information content (AvgIpc) is 3.19. The molecule has 20 heavy (non-hydrogen) atoms. The van der Waals surface area contributed by atoms with Crippen molar-refractivity contribution in [2.75, 3.05) is 6.54 Å². The monoisotopic (exact) mass is 280 g/mol. The van der Waals surface area contributed by atoms with Crippen LogP contribution in [0.15, 0.2) is 18.2 Å². The van der Waals surface area contributed by atoms with Gasteiger partial charge in [-0.25, -0.2) is 0 Å². The molecule has 1 N–H and O–H groups in total. The van der Waals surface area contributed by atoms with Gasteiger partial charge in [0.15, 0.2) is 0 Å². The highest BCUT2D eigenvalue weighted by atomic mass is 19.1. The highest BCUT2D eigenvalue weighted by Gasteiger charge is 2.47. The molecule has 1 atom stereocenters. The van der Waals surface area contributed by atoms with Crippen LogP contribution < -0.4 is 5.32 Å². The topological polar surface area (TPSA) is 55.2 Å². The van der Waals surface area contributed by atoms with Crippen molar-refractivity contribution in [1.29, 1.82) is 0 Å². The number of hydrogen-bond acceptors (Lipinski definition) is 3. The van der Waals surface area contributed by atoms with Crippen molar-refractivity contribution in [3.63, 3.8) is 0 Å². The van der Waals surface area contributed by atoms with E-state index in [4.69, 9.17) is 0 Å². The molecule has 0 spiro atoms. The van der Waals surface area contributed by atoms with Crippen LogP contribution in [0.5, 0.6) is 0 Å². The molecular formula is C15H21FN2O2. The molecular weight excluding hydrogens is 259 g/mol. The zero-order valence-electron chi connectivity index (χ0n) is 12.0. The van der Waals surface area contributed by atoms with Gasteiger partial charge in [0.1, 0.15) is 0 Å². The van der Waals surface area contributed by atoms with Crippen molar-refractivity contribution in [3.8, 4) is 0 Å². The number of nitro groups is 1. The van der Waals surface area contributed by atoms with Gasteiger partial charge in [0.25, 0.3) is 0 Å². The third kappa shape index (κ3) is 2.98. The van der Waals surface area contributed by atoms with E-state index in [9.17, 15) is 14.5 Å². The van der Waals surface area contributed by atoms with E-state index in [0.717, 1.165) is 25.8 Å². The quantitative estimate of drug-likeness (QED) is 0.615. The fourth-order valence-corrected chi connectivity index (χ4v) is 2.72. The predicted molar refractivity (Wildman–Crippen MR) is 76.2 cm³/mol. The van der Waals surface area contributed by atoms with Gasteiger partial charge in [0.05, 0.1) is 4.92 Å². The molecule has 0 aromatic heterocycles. The minimum atomic E-state index is -0.675. The molecule has 1 aliphatic carbocycles. The molecule has 1 unspecified atom stereocenters. The van der Waals surface area contributed by atoms with Gasteiger partial charge >= 0.3 is 5.69 Å². The fourth-order valence-electron chi connectivity index (χ4n) is 2.72. The summed E-state index contributed by atoms with van der Waals surface area (Å²) in [5.74, 6) is -0.675. The van der Waals surface area contributed by atoms with E-state index < -0.39 is 16.4 Å². The van der Waals surface area contributed by atoms with E-state index in [2.05, 4.69) is 19.2 Å². The smallest absolute Gasteiger partial charge is 0.305 e. The number of nitrogens with zero attached hydrogens (tertiary/aromatic N) is 1. The van der Waals surface area contributed by atoms with Crippen LogP contribution in [0.25, 0.3) is 0 Å². The van der Waals surface area contributed by atoms with Gasteiger partial charge in [0.2, 0.25) is 5.82 Å². The van der Waals surface area contributed by atoms with E-state index in [1.54, 1.807) is 12.1 Å². The van der Waals surface area contributed by atoms with Gasteiger partial charge in [-0.1, -0.05) is 19.1 Å². The number of nitro benzene ring substituents is 1. The third-order valence-corrected chi connectivity index (χ3v) is 4.31. The lowest BCUT2D eigenvalue weighted by Crippen LogP contribution is -2.36. The first-order valence-corrected chi connectivity index (χ1v) is 7.15. The zero-order valence-corrected chi connectivity index (χ0v) is 12.0. The van der Waals surface area contributed by atoms with Crippen LogP contribution in [0.1, 0.15) is 38.7 Å². The zero-order chi connectivity index (χ0) is 14.8. The fraction of sp³-hybridized carbons (Fsp3) is 0.600. The minimum Gasteiger partial charge on any atom is -0.314 e. The van der Waals surface area contributed by atoms with Crippen LogP contribution in [0, 0.1) is 21.3 Å². The molecule has 0 heterocycles. The first-order valence-electron chi connectivity index (χ1n) is 7.15.